The van der Waals surface area contributed by atoms with Gasteiger partial charge in [0.2, 0.25) is 0 Å². The van der Waals surface area contributed by atoms with Crippen molar-refractivity contribution < 1.29 is 4.74 Å². The highest BCUT2D eigenvalue weighted by Crippen LogP contribution is 2.13. The second-order valence-electron chi connectivity index (χ2n) is 5.66. The third kappa shape index (κ3) is 4.00. The van der Waals surface area contributed by atoms with Crippen molar-refractivity contribution >= 4 is 0 Å². The van der Waals surface area contributed by atoms with Crippen molar-refractivity contribution in [2.24, 2.45) is 5.73 Å². The number of hydrogen-bond donors (Lipinski definition) is 1. The normalized spacial score (nSPS) is 10.8. The van der Waals surface area contributed by atoms with E-state index in [1.54, 1.807) is 4.80 Å². The van der Waals surface area contributed by atoms with Gasteiger partial charge in [0, 0.05) is 6.54 Å². The Morgan fingerprint density at radius 2 is 1.75 bits per heavy atom. The lowest BCUT2D eigenvalue weighted by Gasteiger charge is -2.06. The number of nitrogens with two attached hydrogens (primary N) is 1. The number of ether oxygens (including phenoxy) is 1. The van der Waals surface area contributed by atoms with Gasteiger partial charge in [-0.2, -0.15) is 15.0 Å². The summed E-state index contributed by atoms with van der Waals surface area (Å²) >= 11 is 0. The summed E-state index contributed by atoms with van der Waals surface area (Å²) in [5.74, 6) is 0.872. The summed E-state index contributed by atoms with van der Waals surface area (Å²) in [5, 5.41) is 9.07. The van der Waals surface area contributed by atoms with Crippen molar-refractivity contribution in [1.29, 1.82) is 0 Å². The van der Waals surface area contributed by atoms with Gasteiger partial charge in [-0.25, -0.2) is 0 Å². The van der Waals surface area contributed by atoms with Gasteiger partial charge < -0.3 is 10.5 Å². The number of aromatic nitrogens is 3. The minimum atomic E-state index is 0.552. The first-order valence-corrected chi connectivity index (χ1v) is 8.16. The summed E-state index contributed by atoms with van der Waals surface area (Å²) < 4.78 is 5.76. The molecule has 0 aliphatic heterocycles. The average Bonchev–Trinajstić information content (AvgIpc) is 3.01. The van der Waals surface area contributed by atoms with E-state index >= 15 is 0 Å². The summed E-state index contributed by atoms with van der Waals surface area (Å²) in [4.78, 5) is 1.69. The molecule has 0 aliphatic carbocycles. The molecule has 0 fully saturated rings. The van der Waals surface area contributed by atoms with Gasteiger partial charge in [0.15, 0.2) is 0 Å². The molecule has 1 aromatic heterocycles. The third-order valence-corrected chi connectivity index (χ3v) is 3.85. The van der Waals surface area contributed by atoms with E-state index in [1.807, 2.05) is 61.5 Å². The van der Waals surface area contributed by atoms with Crippen molar-refractivity contribution in [2.75, 3.05) is 6.61 Å². The predicted octanol–water partition coefficient (Wildman–Crippen LogP) is 3.05. The van der Waals surface area contributed by atoms with E-state index in [4.69, 9.17) is 10.5 Å². The molecule has 2 N–H and O–H groups in total. The Morgan fingerprint density at radius 1 is 1.00 bits per heavy atom. The zero-order chi connectivity index (χ0) is 16.8. The zero-order valence-electron chi connectivity index (χ0n) is 13.9. The van der Waals surface area contributed by atoms with Crippen LogP contribution in [0, 0.1) is 6.92 Å². The van der Waals surface area contributed by atoms with E-state index in [2.05, 4.69) is 10.2 Å². The van der Waals surface area contributed by atoms with Crippen molar-refractivity contribution in [1.82, 2.24) is 15.0 Å². The maximum atomic E-state index is 5.76. The fourth-order valence-electron chi connectivity index (χ4n) is 2.47. The molecule has 0 radical (unpaired) electrons. The summed E-state index contributed by atoms with van der Waals surface area (Å²) in [5.41, 5.74) is 9.65. The van der Waals surface area contributed by atoms with Crippen molar-refractivity contribution in [2.45, 2.75) is 26.3 Å². The van der Waals surface area contributed by atoms with E-state index in [1.165, 1.54) is 0 Å². The van der Waals surface area contributed by atoms with Crippen LogP contribution in [0.5, 0.6) is 5.75 Å². The van der Waals surface area contributed by atoms with Crippen LogP contribution in [0.25, 0.3) is 5.69 Å². The SMILES string of the molecule is Cc1nn(-c2ccccc2)nc1CCCOc1ccc(CN)cc1. The summed E-state index contributed by atoms with van der Waals surface area (Å²) in [6.45, 7) is 3.20. The number of aryl methyl sites for hydroxylation is 2. The molecule has 2 aromatic carbocycles. The molecule has 0 saturated carbocycles. The molecule has 0 saturated heterocycles. The number of rotatable bonds is 7. The van der Waals surface area contributed by atoms with Gasteiger partial charge in [-0.15, -0.1) is 0 Å². The maximum Gasteiger partial charge on any atom is 0.119 e. The second-order valence-corrected chi connectivity index (χ2v) is 5.66. The minimum absolute atomic E-state index is 0.552. The highest BCUT2D eigenvalue weighted by Gasteiger charge is 2.08. The first kappa shape index (κ1) is 16.2. The molecular formula is C19H22N4O. The van der Waals surface area contributed by atoms with E-state index in [9.17, 15) is 0 Å². The number of benzene rings is 2. The third-order valence-electron chi connectivity index (χ3n) is 3.85. The molecule has 124 valence electrons. The Labute approximate surface area is 142 Å². The minimum Gasteiger partial charge on any atom is -0.494 e. The van der Waals surface area contributed by atoms with Gasteiger partial charge in [0.1, 0.15) is 5.75 Å². The fraction of sp³-hybridized carbons (Fsp3) is 0.263. The Hall–Kier alpha value is -2.66. The molecule has 0 bridgehead atoms. The van der Waals surface area contributed by atoms with E-state index in [-0.39, 0.29) is 0 Å². The lowest BCUT2D eigenvalue weighted by molar-refractivity contribution is 0.310. The first-order chi connectivity index (χ1) is 11.8. The largest absolute Gasteiger partial charge is 0.494 e. The molecule has 0 atom stereocenters. The molecule has 0 aliphatic rings. The van der Waals surface area contributed by atoms with Crippen LogP contribution in [0.2, 0.25) is 0 Å². The smallest absolute Gasteiger partial charge is 0.119 e. The summed E-state index contributed by atoms with van der Waals surface area (Å²) in [7, 11) is 0. The van der Waals surface area contributed by atoms with Crippen molar-refractivity contribution in [3.63, 3.8) is 0 Å². The molecule has 1 heterocycles. The van der Waals surface area contributed by atoms with Gasteiger partial charge in [0.05, 0.1) is 23.7 Å². The average molecular weight is 322 g/mol. The van der Waals surface area contributed by atoms with Gasteiger partial charge >= 0.3 is 0 Å². The van der Waals surface area contributed by atoms with Crippen LogP contribution in [-0.2, 0) is 13.0 Å². The number of para-hydroxylation sites is 1. The van der Waals surface area contributed by atoms with E-state index < -0.39 is 0 Å². The van der Waals surface area contributed by atoms with Crippen LogP contribution in [-0.4, -0.2) is 21.6 Å². The molecule has 0 amide bonds. The molecule has 3 aromatic rings. The number of nitrogens with zero attached hydrogens (tertiary/aromatic N) is 3. The van der Waals surface area contributed by atoms with E-state index in [0.29, 0.717) is 13.2 Å². The van der Waals surface area contributed by atoms with Crippen LogP contribution in [0.1, 0.15) is 23.4 Å². The second kappa shape index (κ2) is 7.75. The molecule has 5 heteroatoms. The molecule has 24 heavy (non-hydrogen) atoms. The quantitative estimate of drug-likeness (QED) is 0.679. The van der Waals surface area contributed by atoms with Gasteiger partial charge in [-0.05, 0) is 49.6 Å². The van der Waals surface area contributed by atoms with E-state index in [0.717, 1.165) is 41.2 Å². The Morgan fingerprint density at radius 3 is 2.46 bits per heavy atom. The number of hydrogen-bond acceptors (Lipinski definition) is 4. The molecule has 0 spiro atoms. The first-order valence-electron chi connectivity index (χ1n) is 8.16. The molecule has 3 rings (SSSR count). The molecule has 5 nitrogen and oxygen atoms in total. The van der Waals surface area contributed by atoms with Gasteiger partial charge in [-0.1, -0.05) is 30.3 Å². The lowest BCUT2D eigenvalue weighted by atomic mass is 10.2. The highest BCUT2D eigenvalue weighted by molar-refractivity contribution is 5.29. The van der Waals surface area contributed by atoms with Crippen LogP contribution >= 0.6 is 0 Å². The van der Waals surface area contributed by atoms with Crippen LogP contribution < -0.4 is 10.5 Å². The van der Waals surface area contributed by atoms with Crippen LogP contribution in [0.4, 0.5) is 0 Å². The topological polar surface area (TPSA) is 66.0 Å². The van der Waals surface area contributed by atoms with Gasteiger partial charge in [-0.3, -0.25) is 0 Å². The fourth-order valence-corrected chi connectivity index (χ4v) is 2.47. The standard InChI is InChI=1S/C19H22N4O/c1-15-19(22-23(21-15)17-6-3-2-4-7-17)8-5-13-24-18-11-9-16(14-20)10-12-18/h2-4,6-7,9-12H,5,8,13-14,20H2,1H3. The summed E-state index contributed by atoms with van der Waals surface area (Å²) in [6.07, 6.45) is 1.74. The molecule has 0 unspecified atom stereocenters. The Kier molecular flexibility index (Phi) is 5.23. The monoisotopic (exact) mass is 322 g/mol. The molecular weight excluding hydrogens is 300 g/mol. The van der Waals surface area contributed by atoms with Crippen LogP contribution in [0.3, 0.4) is 0 Å². The van der Waals surface area contributed by atoms with Crippen molar-refractivity contribution in [3.8, 4) is 11.4 Å². The maximum absolute atomic E-state index is 5.76. The van der Waals surface area contributed by atoms with Crippen molar-refractivity contribution in [3.05, 3.63) is 71.5 Å². The zero-order valence-corrected chi connectivity index (χ0v) is 13.9. The highest BCUT2D eigenvalue weighted by atomic mass is 16.5. The summed E-state index contributed by atoms with van der Waals surface area (Å²) in [6, 6.07) is 17.8. The Bertz CT molecular complexity index is 766. The van der Waals surface area contributed by atoms with Gasteiger partial charge in [0.25, 0.3) is 0 Å². The predicted molar refractivity (Wildman–Crippen MR) is 94.2 cm³/mol. The Balaban J connectivity index is 1.52. The van der Waals surface area contributed by atoms with Crippen LogP contribution in [0.15, 0.2) is 54.6 Å². The lowest BCUT2D eigenvalue weighted by Crippen LogP contribution is -2.02.